The summed E-state index contributed by atoms with van der Waals surface area (Å²) in [6.45, 7) is 2.03. The number of aromatic nitrogens is 2. The van der Waals surface area contributed by atoms with Gasteiger partial charge in [0, 0.05) is 17.3 Å². The van der Waals surface area contributed by atoms with E-state index in [0.717, 1.165) is 24.1 Å². The van der Waals surface area contributed by atoms with Crippen LogP contribution in [-0.2, 0) is 6.42 Å². The van der Waals surface area contributed by atoms with Crippen molar-refractivity contribution in [3.05, 3.63) is 39.8 Å². The van der Waals surface area contributed by atoms with Gasteiger partial charge in [-0.15, -0.1) is 0 Å². The molecule has 8 nitrogen and oxygen atoms in total. The number of hydrogen-bond acceptors (Lipinski definition) is 7. The van der Waals surface area contributed by atoms with Crippen LogP contribution in [0.25, 0.3) is 0 Å². The van der Waals surface area contributed by atoms with Crippen LogP contribution in [-0.4, -0.2) is 37.5 Å². The summed E-state index contributed by atoms with van der Waals surface area (Å²) in [4.78, 5) is 18.5. The molecular weight excluding hydrogens is 324 g/mol. The van der Waals surface area contributed by atoms with Crippen molar-refractivity contribution in [2.24, 2.45) is 5.10 Å². The zero-order valence-corrected chi connectivity index (χ0v) is 14.8. The van der Waals surface area contributed by atoms with Crippen molar-refractivity contribution in [2.75, 3.05) is 26.8 Å². The Kier molecular flexibility index (Phi) is 6.39. The lowest BCUT2D eigenvalue weighted by Gasteiger charge is -2.12. The maximum absolute atomic E-state index is 11.6. The van der Waals surface area contributed by atoms with Gasteiger partial charge >= 0.3 is 0 Å². The number of ether oxygens (including phenoxy) is 3. The summed E-state index contributed by atoms with van der Waals surface area (Å²) < 4.78 is 15.9. The molecule has 0 saturated carbocycles. The van der Waals surface area contributed by atoms with E-state index in [1.165, 1.54) is 6.07 Å². The molecule has 134 valence electrons. The summed E-state index contributed by atoms with van der Waals surface area (Å²) >= 11 is 0. The minimum Gasteiger partial charge on any atom is -0.493 e. The predicted molar refractivity (Wildman–Crippen MR) is 96.2 cm³/mol. The highest BCUT2D eigenvalue weighted by Gasteiger charge is 2.12. The third-order valence-electron chi connectivity index (χ3n) is 3.37. The van der Waals surface area contributed by atoms with Gasteiger partial charge in [0.2, 0.25) is 11.7 Å². The molecule has 1 aromatic heterocycles. The molecule has 0 atom stereocenters. The quantitative estimate of drug-likeness (QED) is 0.562. The Bertz CT molecular complexity index is 776. The number of rotatable bonds is 8. The second kappa shape index (κ2) is 8.72. The van der Waals surface area contributed by atoms with Gasteiger partial charge in [-0.2, -0.15) is 5.10 Å². The smallest absolute Gasteiger partial charge is 0.252 e. The summed E-state index contributed by atoms with van der Waals surface area (Å²) in [6.07, 6.45) is 3.21. The zero-order valence-electron chi connectivity index (χ0n) is 14.8. The van der Waals surface area contributed by atoms with Crippen molar-refractivity contribution >= 4 is 12.2 Å². The monoisotopic (exact) mass is 346 g/mol. The van der Waals surface area contributed by atoms with E-state index >= 15 is 0 Å². The van der Waals surface area contributed by atoms with Gasteiger partial charge in [-0.3, -0.25) is 9.78 Å². The minimum atomic E-state index is -0.219. The van der Waals surface area contributed by atoms with Gasteiger partial charge in [-0.1, -0.05) is 13.3 Å². The van der Waals surface area contributed by atoms with Crippen molar-refractivity contribution in [1.82, 2.24) is 9.97 Å². The average Bonchev–Trinajstić information content (AvgIpc) is 2.60. The number of aryl methyl sites for hydroxylation is 1. The average molecular weight is 346 g/mol. The second-order valence-electron chi connectivity index (χ2n) is 5.16. The van der Waals surface area contributed by atoms with Crippen LogP contribution in [0.15, 0.2) is 28.1 Å². The van der Waals surface area contributed by atoms with Crippen LogP contribution >= 0.6 is 0 Å². The largest absolute Gasteiger partial charge is 0.493 e. The van der Waals surface area contributed by atoms with E-state index in [1.54, 1.807) is 39.7 Å². The normalized spacial score (nSPS) is 10.7. The molecule has 2 aromatic rings. The number of nitrogens with one attached hydrogen (secondary N) is 2. The Hall–Kier alpha value is -3.03. The standard InChI is InChI=1S/C17H22N4O4/c1-5-6-12-9-15(22)20-17(19-12)21-18-10-11-7-13(23-2)16(25-4)14(8-11)24-3/h7-10H,5-6H2,1-4H3,(H2,19,20,21,22)/b18-10+. The summed E-state index contributed by atoms with van der Waals surface area (Å²) in [5, 5.41) is 4.10. The lowest BCUT2D eigenvalue weighted by molar-refractivity contribution is 0.324. The number of hydrazone groups is 1. The molecule has 0 aliphatic carbocycles. The van der Waals surface area contributed by atoms with Crippen LogP contribution in [0.1, 0.15) is 24.6 Å². The second-order valence-corrected chi connectivity index (χ2v) is 5.16. The van der Waals surface area contributed by atoms with Crippen LogP contribution < -0.4 is 25.2 Å². The number of H-pyrrole nitrogens is 1. The molecule has 0 aliphatic rings. The van der Waals surface area contributed by atoms with Crippen molar-refractivity contribution in [2.45, 2.75) is 19.8 Å². The van der Waals surface area contributed by atoms with Crippen LogP contribution in [0.5, 0.6) is 17.2 Å². The molecule has 0 amide bonds. The van der Waals surface area contributed by atoms with Crippen LogP contribution in [0.2, 0.25) is 0 Å². The van der Waals surface area contributed by atoms with Crippen LogP contribution in [0.4, 0.5) is 5.95 Å². The SMILES string of the molecule is CCCc1cc(=O)[nH]c(N/N=C/c2cc(OC)c(OC)c(OC)c2)n1. The minimum absolute atomic E-state index is 0.219. The van der Waals surface area contributed by atoms with Gasteiger partial charge in [0.1, 0.15) is 0 Å². The van der Waals surface area contributed by atoms with Gasteiger partial charge in [0.15, 0.2) is 11.5 Å². The highest BCUT2D eigenvalue weighted by Crippen LogP contribution is 2.37. The lowest BCUT2D eigenvalue weighted by Crippen LogP contribution is -2.12. The summed E-state index contributed by atoms with van der Waals surface area (Å²) in [5.41, 5.74) is 3.96. The maximum atomic E-state index is 11.6. The van der Waals surface area contributed by atoms with Gasteiger partial charge in [0.05, 0.1) is 27.5 Å². The number of aromatic amines is 1. The van der Waals surface area contributed by atoms with Gasteiger partial charge in [0.25, 0.3) is 5.56 Å². The van der Waals surface area contributed by atoms with Crippen molar-refractivity contribution in [3.63, 3.8) is 0 Å². The van der Waals surface area contributed by atoms with Crippen molar-refractivity contribution < 1.29 is 14.2 Å². The van der Waals surface area contributed by atoms with Gasteiger partial charge in [-0.25, -0.2) is 10.4 Å². The maximum Gasteiger partial charge on any atom is 0.252 e. The first-order valence-electron chi connectivity index (χ1n) is 7.80. The molecule has 0 unspecified atom stereocenters. The molecule has 0 spiro atoms. The molecule has 25 heavy (non-hydrogen) atoms. The highest BCUT2D eigenvalue weighted by molar-refractivity contribution is 5.82. The van der Waals surface area contributed by atoms with Gasteiger partial charge in [-0.05, 0) is 18.6 Å². The highest BCUT2D eigenvalue weighted by atomic mass is 16.5. The Morgan fingerprint density at radius 1 is 1.16 bits per heavy atom. The Morgan fingerprint density at radius 3 is 2.40 bits per heavy atom. The molecule has 0 saturated heterocycles. The summed E-state index contributed by atoms with van der Waals surface area (Å²) in [6, 6.07) is 5.00. The fourth-order valence-corrected chi connectivity index (χ4v) is 2.29. The number of benzene rings is 1. The van der Waals surface area contributed by atoms with E-state index in [1.807, 2.05) is 6.92 Å². The number of hydrogen-bond donors (Lipinski definition) is 2. The van der Waals surface area contributed by atoms with Crippen molar-refractivity contribution in [1.29, 1.82) is 0 Å². The molecular formula is C17H22N4O4. The van der Waals surface area contributed by atoms with Crippen molar-refractivity contribution in [3.8, 4) is 17.2 Å². The first kappa shape index (κ1) is 18.3. The molecule has 1 heterocycles. The topological polar surface area (TPSA) is 97.8 Å². The van der Waals surface area contributed by atoms with Crippen LogP contribution in [0.3, 0.4) is 0 Å². The fourth-order valence-electron chi connectivity index (χ4n) is 2.29. The van der Waals surface area contributed by atoms with Gasteiger partial charge < -0.3 is 14.2 Å². The van der Waals surface area contributed by atoms with E-state index < -0.39 is 0 Å². The Morgan fingerprint density at radius 2 is 1.84 bits per heavy atom. The predicted octanol–water partition coefficient (Wildman–Crippen LogP) is 2.19. The first-order valence-corrected chi connectivity index (χ1v) is 7.80. The zero-order chi connectivity index (χ0) is 18.2. The van der Waals surface area contributed by atoms with E-state index in [2.05, 4.69) is 20.5 Å². The molecule has 8 heteroatoms. The summed E-state index contributed by atoms with van der Waals surface area (Å²) in [7, 11) is 4.63. The molecule has 0 radical (unpaired) electrons. The third-order valence-corrected chi connectivity index (χ3v) is 3.37. The van der Waals surface area contributed by atoms with E-state index in [0.29, 0.717) is 23.2 Å². The first-order chi connectivity index (χ1) is 12.1. The lowest BCUT2D eigenvalue weighted by atomic mass is 10.2. The number of methoxy groups -OCH3 is 3. The summed E-state index contributed by atoms with van der Waals surface area (Å²) in [5.74, 6) is 1.85. The Balaban J connectivity index is 2.21. The molecule has 2 rings (SSSR count). The van der Waals surface area contributed by atoms with E-state index in [4.69, 9.17) is 14.2 Å². The molecule has 0 bridgehead atoms. The number of nitrogens with zero attached hydrogens (tertiary/aromatic N) is 2. The molecule has 1 aromatic carbocycles. The molecule has 2 N–H and O–H groups in total. The third kappa shape index (κ3) is 4.72. The molecule has 0 fully saturated rings. The van der Waals surface area contributed by atoms with E-state index in [9.17, 15) is 4.79 Å². The Labute approximate surface area is 145 Å². The fraction of sp³-hybridized carbons (Fsp3) is 0.353. The van der Waals surface area contributed by atoms with Crippen LogP contribution in [0, 0.1) is 0 Å². The van der Waals surface area contributed by atoms with E-state index in [-0.39, 0.29) is 5.56 Å². The number of anilines is 1. The molecule has 0 aliphatic heterocycles.